The van der Waals surface area contributed by atoms with Crippen LogP contribution in [0.2, 0.25) is 0 Å². The lowest BCUT2D eigenvalue weighted by atomic mass is 10.1. The van der Waals surface area contributed by atoms with Gasteiger partial charge in [-0.3, -0.25) is 0 Å². The molecule has 0 radical (unpaired) electrons. The van der Waals surface area contributed by atoms with Crippen molar-refractivity contribution in [3.05, 3.63) is 71.8 Å². The number of amides is 2. The standard InChI is InChI=1S/C22H24N2O3/c1-16-4-3-5-21(12-16)27-11-10-23-22(25)24-15-17-6-7-19-14-20(26-2)9-8-18(19)13-17/h3-9,12-14H,10-11,15H2,1-2H3,(H2,23,24,25). The van der Waals surface area contributed by atoms with Crippen LogP contribution in [-0.2, 0) is 6.54 Å². The molecule has 3 rings (SSSR count). The van der Waals surface area contributed by atoms with E-state index >= 15 is 0 Å². The van der Waals surface area contributed by atoms with Crippen molar-refractivity contribution in [3.63, 3.8) is 0 Å². The number of urea groups is 1. The van der Waals surface area contributed by atoms with Crippen LogP contribution >= 0.6 is 0 Å². The maximum absolute atomic E-state index is 11.9. The molecule has 2 amide bonds. The van der Waals surface area contributed by atoms with Gasteiger partial charge in [0.15, 0.2) is 0 Å². The predicted molar refractivity (Wildman–Crippen MR) is 107 cm³/mol. The third-order valence-corrected chi connectivity index (χ3v) is 4.21. The highest BCUT2D eigenvalue weighted by Gasteiger charge is 2.03. The minimum Gasteiger partial charge on any atom is -0.497 e. The molecular weight excluding hydrogens is 340 g/mol. The third-order valence-electron chi connectivity index (χ3n) is 4.21. The minimum atomic E-state index is -0.210. The third kappa shape index (κ3) is 5.38. The molecule has 0 aliphatic heterocycles. The van der Waals surface area contributed by atoms with Gasteiger partial charge in [0.2, 0.25) is 0 Å². The van der Waals surface area contributed by atoms with E-state index in [2.05, 4.69) is 16.7 Å². The molecule has 0 atom stereocenters. The molecule has 0 aliphatic rings. The topological polar surface area (TPSA) is 59.6 Å². The summed E-state index contributed by atoms with van der Waals surface area (Å²) in [5.74, 6) is 1.64. The second kappa shape index (κ2) is 8.94. The van der Waals surface area contributed by atoms with Crippen LogP contribution in [0, 0.1) is 6.92 Å². The van der Waals surface area contributed by atoms with Gasteiger partial charge in [0.1, 0.15) is 18.1 Å². The zero-order valence-electron chi connectivity index (χ0n) is 15.6. The number of hydrogen-bond donors (Lipinski definition) is 2. The average Bonchev–Trinajstić information content (AvgIpc) is 2.69. The molecular formula is C22H24N2O3. The largest absolute Gasteiger partial charge is 0.497 e. The van der Waals surface area contributed by atoms with Gasteiger partial charge in [-0.1, -0.05) is 30.3 Å². The molecule has 2 N–H and O–H groups in total. The summed E-state index contributed by atoms with van der Waals surface area (Å²) in [4.78, 5) is 11.9. The fraction of sp³-hybridized carbons (Fsp3) is 0.227. The van der Waals surface area contributed by atoms with Crippen molar-refractivity contribution in [2.24, 2.45) is 0 Å². The van der Waals surface area contributed by atoms with Crippen molar-refractivity contribution in [2.75, 3.05) is 20.3 Å². The minimum absolute atomic E-state index is 0.210. The number of ether oxygens (including phenoxy) is 2. The Labute approximate surface area is 159 Å². The van der Waals surface area contributed by atoms with Gasteiger partial charge in [0.05, 0.1) is 13.7 Å². The van der Waals surface area contributed by atoms with Crippen molar-refractivity contribution in [1.29, 1.82) is 0 Å². The number of rotatable bonds is 7. The fourth-order valence-corrected chi connectivity index (χ4v) is 2.79. The first-order valence-corrected chi connectivity index (χ1v) is 8.92. The van der Waals surface area contributed by atoms with Crippen LogP contribution in [0.15, 0.2) is 60.7 Å². The van der Waals surface area contributed by atoms with E-state index in [1.54, 1.807) is 7.11 Å². The van der Waals surface area contributed by atoms with Crippen LogP contribution < -0.4 is 20.1 Å². The van der Waals surface area contributed by atoms with Crippen LogP contribution in [0.3, 0.4) is 0 Å². The average molecular weight is 364 g/mol. The van der Waals surface area contributed by atoms with Crippen LogP contribution in [0.4, 0.5) is 4.79 Å². The second-order valence-electron chi connectivity index (χ2n) is 6.32. The van der Waals surface area contributed by atoms with Crippen molar-refractivity contribution in [3.8, 4) is 11.5 Å². The van der Waals surface area contributed by atoms with E-state index in [4.69, 9.17) is 9.47 Å². The summed E-state index contributed by atoms with van der Waals surface area (Å²) in [5, 5.41) is 7.88. The highest BCUT2D eigenvalue weighted by atomic mass is 16.5. The second-order valence-corrected chi connectivity index (χ2v) is 6.32. The molecule has 0 aliphatic carbocycles. The van der Waals surface area contributed by atoms with Crippen LogP contribution in [-0.4, -0.2) is 26.3 Å². The van der Waals surface area contributed by atoms with Crippen molar-refractivity contribution in [1.82, 2.24) is 10.6 Å². The van der Waals surface area contributed by atoms with E-state index in [9.17, 15) is 4.79 Å². The molecule has 0 bridgehead atoms. The molecule has 0 unspecified atom stereocenters. The number of hydrogen-bond acceptors (Lipinski definition) is 3. The number of carbonyl (C=O) groups is 1. The zero-order chi connectivity index (χ0) is 19.1. The SMILES string of the molecule is COc1ccc2cc(CNC(=O)NCCOc3cccc(C)c3)ccc2c1. The number of carbonyl (C=O) groups excluding carboxylic acids is 1. The van der Waals surface area contributed by atoms with Crippen LogP contribution in [0.1, 0.15) is 11.1 Å². The van der Waals surface area contributed by atoms with Gasteiger partial charge < -0.3 is 20.1 Å². The van der Waals surface area contributed by atoms with Gasteiger partial charge in [-0.05, 0) is 59.2 Å². The predicted octanol–water partition coefficient (Wildman–Crippen LogP) is 4.04. The number of methoxy groups -OCH3 is 1. The molecule has 3 aromatic carbocycles. The fourth-order valence-electron chi connectivity index (χ4n) is 2.79. The lowest BCUT2D eigenvalue weighted by Crippen LogP contribution is -2.37. The summed E-state index contributed by atoms with van der Waals surface area (Å²) in [5.41, 5.74) is 2.19. The number of aryl methyl sites for hydroxylation is 1. The molecule has 27 heavy (non-hydrogen) atoms. The molecule has 140 valence electrons. The molecule has 0 fully saturated rings. The Morgan fingerprint density at radius 1 is 0.926 bits per heavy atom. The van der Waals surface area contributed by atoms with E-state index in [0.717, 1.165) is 33.4 Å². The summed E-state index contributed by atoms with van der Waals surface area (Å²) in [7, 11) is 1.66. The Hall–Kier alpha value is -3.21. The highest BCUT2D eigenvalue weighted by Crippen LogP contribution is 2.21. The molecule has 5 nitrogen and oxygen atoms in total. The van der Waals surface area contributed by atoms with Crippen LogP contribution in [0.5, 0.6) is 11.5 Å². The van der Waals surface area contributed by atoms with Gasteiger partial charge in [-0.2, -0.15) is 0 Å². The summed E-state index contributed by atoms with van der Waals surface area (Å²) < 4.78 is 10.9. The first-order chi connectivity index (χ1) is 13.1. The van der Waals surface area contributed by atoms with E-state index in [1.807, 2.05) is 61.5 Å². The Morgan fingerprint density at radius 2 is 1.74 bits per heavy atom. The molecule has 0 saturated carbocycles. The molecule has 0 spiro atoms. The molecule has 3 aromatic rings. The van der Waals surface area contributed by atoms with Crippen molar-refractivity contribution >= 4 is 16.8 Å². The van der Waals surface area contributed by atoms with Crippen molar-refractivity contribution in [2.45, 2.75) is 13.5 Å². The highest BCUT2D eigenvalue weighted by molar-refractivity contribution is 5.84. The Kier molecular flexibility index (Phi) is 6.15. The van der Waals surface area contributed by atoms with Gasteiger partial charge in [-0.25, -0.2) is 4.79 Å². The molecule has 0 aromatic heterocycles. The molecule has 0 saturated heterocycles. The lowest BCUT2D eigenvalue weighted by molar-refractivity contribution is 0.236. The van der Waals surface area contributed by atoms with Gasteiger partial charge in [0.25, 0.3) is 0 Å². The van der Waals surface area contributed by atoms with E-state index in [-0.39, 0.29) is 6.03 Å². The summed E-state index contributed by atoms with van der Waals surface area (Å²) in [6.45, 7) is 3.35. The maximum Gasteiger partial charge on any atom is 0.315 e. The Bertz CT molecular complexity index is 924. The molecule has 5 heteroatoms. The van der Waals surface area contributed by atoms with Gasteiger partial charge in [0, 0.05) is 6.54 Å². The molecule has 0 heterocycles. The summed E-state index contributed by atoms with van der Waals surface area (Å²) in [6.07, 6.45) is 0. The normalized spacial score (nSPS) is 10.4. The monoisotopic (exact) mass is 364 g/mol. The van der Waals surface area contributed by atoms with Gasteiger partial charge >= 0.3 is 6.03 Å². The van der Waals surface area contributed by atoms with Crippen molar-refractivity contribution < 1.29 is 14.3 Å². The van der Waals surface area contributed by atoms with E-state index < -0.39 is 0 Å². The summed E-state index contributed by atoms with van der Waals surface area (Å²) >= 11 is 0. The first-order valence-electron chi connectivity index (χ1n) is 8.92. The Morgan fingerprint density at radius 3 is 2.56 bits per heavy atom. The number of benzene rings is 3. The quantitative estimate of drug-likeness (QED) is 0.622. The zero-order valence-corrected chi connectivity index (χ0v) is 15.6. The smallest absolute Gasteiger partial charge is 0.315 e. The van der Waals surface area contributed by atoms with E-state index in [1.165, 1.54) is 0 Å². The Balaban J connectivity index is 1.42. The van der Waals surface area contributed by atoms with Crippen LogP contribution in [0.25, 0.3) is 10.8 Å². The van der Waals surface area contributed by atoms with E-state index in [0.29, 0.717) is 19.7 Å². The lowest BCUT2D eigenvalue weighted by Gasteiger charge is -2.10. The van der Waals surface area contributed by atoms with Gasteiger partial charge in [-0.15, -0.1) is 0 Å². The maximum atomic E-state index is 11.9. The summed E-state index contributed by atoms with van der Waals surface area (Å²) in [6, 6.07) is 19.7. The first kappa shape index (κ1) is 18.6. The number of fused-ring (bicyclic) bond motifs is 1. The number of nitrogens with one attached hydrogen (secondary N) is 2.